The van der Waals surface area contributed by atoms with Crippen LogP contribution in [0.4, 0.5) is 0 Å². The van der Waals surface area contributed by atoms with Crippen LogP contribution >= 0.6 is 11.3 Å². The van der Waals surface area contributed by atoms with Crippen molar-refractivity contribution in [2.75, 3.05) is 6.54 Å². The van der Waals surface area contributed by atoms with Gasteiger partial charge >= 0.3 is 0 Å². The van der Waals surface area contributed by atoms with E-state index in [0.29, 0.717) is 6.04 Å². The van der Waals surface area contributed by atoms with Crippen molar-refractivity contribution in [3.63, 3.8) is 0 Å². The van der Waals surface area contributed by atoms with E-state index in [2.05, 4.69) is 36.8 Å². The maximum absolute atomic E-state index is 3.48. The second kappa shape index (κ2) is 4.63. The van der Waals surface area contributed by atoms with Crippen molar-refractivity contribution in [2.24, 2.45) is 0 Å². The van der Waals surface area contributed by atoms with Gasteiger partial charge in [-0.1, -0.05) is 13.8 Å². The Morgan fingerprint density at radius 3 is 2.58 bits per heavy atom. The predicted molar refractivity (Wildman–Crippen MR) is 55.8 cm³/mol. The third-order valence-electron chi connectivity index (χ3n) is 2.13. The molecule has 1 aromatic heterocycles. The van der Waals surface area contributed by atoms with Crippen LogP contribution < -0.4 is 5.32 Å². The highest BCUT2D eigenvalue weighted by atomic mass is 32.1. The van der Waals surface area contributed by atoms with Crippen molar-refractivity contribution in [1.82, 2.24) is 5.32 Å². The first-order valence-electron chi connectivity index (χ1n) is 4.55. The Morgan fingerprint density at radius 2 is 2.17 bits per heavy atom. The highest BCUT2D eigenvalue weighted by Gasteiger charge is 2.10. The summed E-state index contributed by atoms with van der Waals surface area (Å²) in [5.41, 5.74) is 2.90. The van der Waals surface area contributed by atoms with Crippen molar-refractivity contribution in [3.05, 3.63) is 21.9 Å². The SMILES string of the molecule is CCNC(CC)c1cscc1C. The molecule has 1 heterocycles. The van der Waals surface area contributed by atoms with E-state index in [9.17, 15) is 0 Å². The summed E-state index contributed by atoms with van der Waals surface area (Å²) < 4.78 is 0. The Balaban J connectivity index is 2.72. The minimum atomic E-state index is 0.557. The Morgan fingerprint density at radius 1 is 1.42 bits per heavy atom. The normalized spacial score (nSPS) is 13.2. The number of aryl methyl sites for hydroxylation is 1. The lowest BCUT2D eigenvalue weighted by Gasteiger charge is -2.15. The van der Waals surface area contributed by atoms with Crippen LogP contribution in [0, 0.1) is 6.92 Å². The van der Waals surface area contributed by atoms with E-state index in [4.69, 9.17) is 0 Å². The minimum absolute atomic E-state index is 0.557. The highest BCUT2D eigenvalue weighted by molar-refractivity contribution is 7.08. The molecule has 0 spiro atoms. The predicted octanol–water partition coefficient (Wildman–Crippen LogP) is 3.12. The number of thiophene rings is 1. The first kappa shape index (κ1) is 9.75. The van der Waals surface area contributed by atoms with E-state index >= 15 is 0 Å². The van der Waals surface area contributed by atoms with Gasteiger partial charge in [0.1, 0.15) is 0 Å². The van der Waals surface area contributed by atoms with Crippen LogP contribution in [0.2, 0.25) is 0 Å². The highest BCUT2D eigenvalue weighted by Crippen LogP contribution is 2.23. The summed E-state index contributed by atoms with van der Waals surface area (Å²) in [6.45, 7) is 7.62. The van der Waals surface area contributed by atoms with Crippen molar-refractivity contribution >= 4 is 11.3 Å². The first-order chi connectivity index (χ1) is 5.79. The minimum Gasteiger partial charge on any atom is -0.310 e. The lowest BCUT2D eigenvalue weighted by atomic mass is 10.0. The van der Waals surface area contributed by atoms with Crippen LogP contribution in [0.5, 0.6) is 0 Å². The fraction of sp³-hybridized carbons (Fsp3) is 0.600. The molecule has 1 atom stereocenters. The van der Waals surface area contributed by atoms with Crippen LogP contribution in [-0.4, -0.2) is 6.54 Å². The molecule has 2 heteroatoms. The van der Waals surface area contributed by atoms with Gasteiger partial charge in [-0.3, -0.25) is 0 Å². The topological polar surface area (TPSA) is 12.0 Å². The van der Waals surface area contributed by atoms with Crippen LogP contribution in [0.15, 0.2) is 10.8 Å². The maximum atomic E-state index is 3.48. The molecule has 0 aromatic carbocycles. The molecular weight excluding hydrogens is 166 g/mol. The van der Waals surface area contributed by atoms with Gasteiger partial charge in [-0.25, -0.2) is 0 Å². The number of nitrogens with one attached hydrogen (secondary N) is 1. The molecule has 1 aromatic rings. The molecule has 0 bridgehead atoms. The molecule has 0 radical (unpaired) electrons. The maximum Gasteiger partial charge on any atom is 0.0328 e. The Kier molecular flexibility index (Phi) is 3.76. The number of hydrogen-bond acceptors (Lipinski definition) is 2. The van der Waals surface area contributed by atoms with E-state index in [1.807, 2.05) is 0 Å². The van der Waals surface area contributed by atoms with Gasteiger partial charge in [0.25, 0.3) is 0 Å². The smallest absolute Gasteiger partial charge is 0.0328 e. The second-order valence-corrected chi connectivity index (χ2v) is 3.77. The molecule has 0 saturated carbocycles. The zero-order valence-corrected chi connectivity index (χ0v) is 8.87. The quantitative estimate of drug-likeness (QED) is 0.756. The Hall–Kier alpha value is -0.340. The lowest BCUT2D eigenvalue weighted by molar-refractivity contribution is 0.536. The van der Waals surface area contributed by atoms with Gasteiger partial charge < -0.3 is 5.32 Å². The Labute approximate surface area is 78.8 Å². The average Bonchev–Trinajstić information content (AvgIpc) is 2.47. The summed E-state index contributed by atoms with van der Waals surface area (Å²) in [7, 11) is 0. The molecule has 0 fully saturated rings. The van der Waals surface area contributed by atoms with Crippen LogP contribution in [-0.2, 0) is 0 Å². The molecule has 0 aliphatic carbocycles. The van der Waals surface area contributed by atoms with Crippen molar-refractivity contribution in [3.8, 4) is 0 Å². The molecule has 1 N–H and O–H groups in total. The largest absolute Gasteiger partial charge is 0.310 e. The zero-order valence-electron chi connectivity index (χ0n) is 8.05. The molecule has 0 aliphatic heterocycles. The van der Waals surface area contributed by atoms with Gasteiger partial charge in [-0.2, -0.15) is 11.3 Å². The molecule has 0 saturated heterocycles. The van der Waals surface area contributed by atoms with Gasteiger partial charge in [0.15, 0.2) is 0 Å². The van der Waals surface area contributed by atoms with E-state index < -0.39 is 0 Å². The molecule has 1 nitrogen and oxygen atoms in total. The Bertz CT molecular complexity index is 229. The van der Waals surface area contributed by atoms with Gasteiger partial charge in [0.05, 0.1) is 0 Å². The van der Waals surface area contributed by atoms with Crippen molar-refractivity contribution < 1.29 is 0 Å². The zero-order chi connectivity index (χ0) is 8.97. The van der Waals surface area contributed by atoms with E-state index in [-0.39, 0.29) is 0 Å². The molecule has 1 unspecified atom stereocenters. The number of hydrogen-bond donors (Lipinski definition) is 1. The second-order valence-electron chi connectivity index (χ2n) is 3.03. The van der Waals surface area contributed by atoms with Crippen LogP contribution in [0.3, 0.4) is 0 Å². The van der Waals surface area contributed by atoms with Gasteiger partial charge in [-0.05, 0) is 41.8 Å². The van der Waals surface area contributed by atoms with E-state index in [1.165, 1.54) is 17.5 Å². The molecule has 1 rings (SSSR count). The third kappa shape index (κ3) is 2.08. The van der Waals surface area contributed by atoms with E-state index in [1.54, 1.807) is 11.3 Å². The van der Waals surface area contributed by atoms with Gasteiger partial charge in [0.2, 0.25) is 0 Å². The number of rotatable bonds is 4. The summed E-state index contributed by atoms with van der Waals surface area (Å²) in [6.07, 6.45) is 1.17. The molecule has 0 amide bonds. The monoisotopic (exact) mass is 183 g/mol. The van der Waals surface area contributed by atoms with Gasteiger partial charge in [0, 0.05) is 6.04 Å². The first-order valence-corrected chi connectivity index (χ1v) is 5.49. The average molecular weight is 183 g/mol. The third-order valence-corrected chi connectivity index (χ3v) is 3.01. The standard InChI is InChI=1S/C10H17NS/c1-4-10(11-5-2)9-7-12-6-8(9)3/h6-7,10-11H,4-5H2,1-3H3. The van der Waals surface area contributed by atoms with E-state index in [0.717, 1.165) is 6.54 Å². The summed E-state index contributed by atoms with van der Waals surface area (Å²) in [5, 5.41) is 7.96. The fourth-order valence-electron chi connectivity index (χ4n) is 1.45. The molecule has 68 valence electrons. The van der Waals surface area contributed by atoms with Crippen LogP contribution in [0.25, 0.3) is 0 Å². The summed E-state index contributed by atoms with van der Waals surface area (Å²) in [5.74, 6) is 0. The van der Waals surface area contributed by atoms with Crippen LogP contribution in [0.1, 0.15) is 37.4 Å². The summed E-state index contributed by atoms with van der Waals surface area (Å²) >= 11 is 1.80. The summed E-state index contributed by atoms with van der Waals surface area (Å²) in [4.78, 5) is 0. The molecular formula is C10H17NS. The van der Waals surface area contributed by atoms with Gasteiger partial charge in [-0.15, -0.1) is 0 Å². The fourth-order valence-corrected chi connectivity index (χ4v) is 2.35. The van der Waals surface area contributed by atoms with Crippen molar-refractivity contribution in [2.45, 2.75) is 33.2 Å². The summed E-state index contributed by atoms with van der Waals surface area (Å²) in [6, 6.07) is 0.557. The molecule has 0 aliphatic rings. The molecule has 12 heavy (non-hydrogen) atoms. The lowest BCUT2D eigenvalue weighted by Crippen LogP contribution is -2.20. The van der Waals surface area contributed by atoms with Crippen molar-refractivity contribution in [1.29, 1.82) is 0 Å².